The molecule has 0 saturated carbocycles. The molecule has 110 valence electrons. The Kier molecular flexibility index (Phi) is 3.86. The molecule has 0 atom stereocenters. The van der Waals surface area contributed by atoms with Crippen molar-refractivity contribution in [2.75, 3.05) is 0 Å². The maximum Gasteiger partial charge on any atom is 0.495 e. The van der Waals surface area contributed by atoms with Gasteiger partial charge in [0.15, 0.2) is 0 Å². The van der Waals surface area contributed by atoms with Crippen molar-refractivity contribution in [3.8, 4) is 5.75 Å². The van der Waals surface area contributed by atoms with Gasteiger partial charge in [0, 0.05) is 6.07 Å². The van der Waals surface area contributed by atoms with Crippen molar-refractivity contribution >= 4 is 12.6 Å². The van der Waals surface area contributed by atoms with Gasteiger partial charge in [-0.3, -0.25) is 0 Å². The molecule has 1 aromatic carbocycles. The van der Waals surface area contributed by atoms with Crippen LogP contribution < -0.4 is 10.2 Å². The maximum absolute atomic E-state index is 13.7. The first-order chi connectivity index (χ1) is 9.10. The first-order valence-corrected chi connectivity index (χ1v) is 6.93. The molecule has 1 aliphatic heterocycles. The summed E-state index contributed by atoms with van der Waals surface area (Å²) in [6.07, 6.45) is -0.0112. The van der Waals surface area contributed by atoms with Gasteiger partial charge in [-0.2, -0.15) is 0 Å². The highest BCUT2D eigenvalue weighted by Crippen LogP contribution is 2.36. The first kappa shape index (κ1) is 15.3. The van der Waals surface area contributed by atoms with Gasteiger partial charge in [-0.05, 0) is 59.1 Å². The second kappa shape index (κ2) is 5.04. The molecule has 20 heavy (non-hydrogen) atoms. The third-order valence-electron chi connectivity index (χ3n) is 3.79. The molecule has 1 aliphatic rings. The molecular weight excluding hydrogens is 258 g/mol. The standard InChI is InChI=1S/C15H22BFO3/c1-10(2)18-13-8-11(7-12(17)9-13)16-19-14(3,4)15(5,6)20-16/h7-10H,1-6H3. The van der Waals surface area contributed by atoms with Crippen molar-refractivity contribution in [1.29, 1.82) is 0 Å². The van der Waals surface area contributed by atoms with E-state index < -0.39 is 18.3 Å². The molecule has 1 heterocycles. The van der Waals surface area contributed by atoms with E-state index in [9.17, 15) is 4.39 Å². The van der Waals surface area contributed by atoms with Crippen molar-refractivity contribution < 1.29 is 18.4 Å². The van der Waals surface area contributed by atoms with Crippen LogP contribution in [0, 0.1) is 5.82 Å². The van der Waals surface area contributed by atoms with Crippen molar-refractivity contribution in [3.63, 3.8) is 0 Å². The van der Waals surface area contributed by atoms with Crippen LogP contribution in [0.5, 0.6) is 5.75 Å². The van der Waals surface area contributed by atoms with Crippen LogP contribution in [-0.2, 0) is 9.31 Å². The van der Waals surface area contributed by atoms with E-state index >= 15 is 0 Å². The smallest absolute Gasteiger partial charge is 0.491 e. The number of benzene rings is 1. The Morgan fingerprint density at radius 3 is 2.10 bits per heavy atom. The molecule has 5 heteroatoms. The van der Waals surface area contributed by atoms with Crippen LogP contribution in [0.15, 0.2) is 18.2 Å². The van der Waals surface area contributed by atoms with Gasteiger partial charge in [0.25, 0.3) is 0 Å². The average molecular weight is 280 g/mol. The number of halogens is 1. The Balaban J connectivity index is 2.28. The van der Waals surface area contributed by atoms with E-state index in [2.05, 4.69) is 0 Å². The van der Waals surface area contributed by atoms with E-state index in [0.717, 1.165) is 0 Å². The predicted molar refractivity (Wildman–Crippen MR) is 77.9 cm³/mol. The molecule has 1 aromatic rings. The monoisotopic (exact) mass is 280 g/mol. The Bertz CT molecular complexity index is 484. The molecule has 1 fully saturated rings. The summed E-state index contributed by atoms with van der Waals surface area (Å²) in [6, 6.07) is 4.56. The molecule has 0 aliphatic carbocycles. The van der Waals surface area contributed by atoms with Crippen molar-refractivity contribution in [1.82, 2.24) is 0 Å². The van der Waals surface area contributed by atoms with Crippen LogP contribution in [-0.4, -0.2) is 24.4 Å². The van der Waals surface area contributed by atoms with Gasteiger partial charge in [-0.1, -0.05) is 0 Å². The minimum absolute atomic E-state index is 0.0112. The van der Waals surface area contributed by atoms with Gasteiger partial charge >= 0.3 is 7.12 Å². The SMILES string of the molecule is CC(C)Oc1cc(F)cc(B2OC(C)(C)C(C)(C)O2)c1. The Morgan fingerprint density at radius 2 is 1.60 bits per heavy atom. The number of rotatable bonds is 3. The van der Waals surface area contributed by atoms with Crippen LogP contribution in [0.25, 0.3) is 0 Å². The normalized spacial score (nSPS) is 20.5. The Labute approximate surface area is 120 Å². The van der Waals surface area contributed by atoms with Crippen LogP contribution >= 0.6 is 0 Å². The topological polar surface area (TPSA) is 27.7 Å². The van der Waals surface area contributed by atoms with Gasteiger partial charge in [0.2, 0.25) is 0 Å². The largest absolute Gasteiger partial charge is 0.495 e. The molecule has 2 rings (SSSR count). The third-order valence-corrected chi connectivity index (χ3v) is 3.79. The van der Waals surface area contributed by atoms with E-state index in [1.165, 1.54) is 12.1 Å². The fraction of sp³-hybridized carbons (Fsp3) is 0.600. The zero-order valence-electron chi connectivity index (χ0n) is 13.0. The summed E-state index contributed by atoms with van der Waals surface area (Å²) in [5.74, 6) is 0.137. The lowest BCUT2D eigenvalue weighted by atomic mass is 9.79. The second-order valence-electron chi connectivity index (χ2n) is 6.48. The molecule has 0 N–H and O–H groups in total. The number of hydrogen-bond acceptors (Lipinski definition) is 3. The van der Waals surface area contributed by atoms with Crippen LogP contribution in [0.1, 0.15) is 41.5 Å². The minimum Gasteiger partial charge on any atom is -0.491 e. The molecule has 0 bridgehead atoms. The average Bonchev–Trinajstić information content (AvgIpc) is 2.46. The highest BCUT2D eigenvalue weighted by molar-refractivity contribution is 6.62. The summed E-state index contributed by atoms with van der Waals surface area (Å²) in [4.78, 5) is 0. The molecule has 0 aromatic heterocycles. The summed E-state index contributed by atoms with van der Waals surface area (Å²) >= 11 is 0. The van der Waals surface area contributed by atoms with Crippen LogP contribution in [0.4, 0.5) is 4.39 Å². The van der Waals surface area contributed by atoms with Crippen molar-refractivity contribution in [2.24, 2.45) is 0 Å². The molecule has 0 radical (unpaired) electrons. The Morgan fingerprint density at radius 1 is 1.05 bits per heavy atom. The van der Waals surface area contributed by atoms with Crippen molar-refractivity contribution in [2.45, 2.75) is 58.8 Å². The van der Waals surface area contributed by atoms with Gasteiger partial charge in [0.05, 0.1) is 17.3 Å². The van der Waals surface area contributed by atoms with E-state index in [-0.39, 0.29) is 11.9 Å². The van der Waals surface area contributed by atoms with E-state index in [0.29, 0.717) is 11.2 Å². The van der Waals surface area contributed by atoms with Gasteiger partial charge < -0.3 is 14.0 Å². The molecule has 1 saturated heterocycles. The lowest BCUT2D eigenvalue weighted by Crippen LogP contribution is -2.41. The van der Waals surface area contributed by atoms with E-state index in [1.54, 1.807) is 6.07 Å². The summed E-state index contributed by atoms with van der Waals surface area (Å²) in [5, 5.41) is 0. The van der Waals surface area contributed by atoms with Gasteiger partial charge in [0.1, 0.15) is 11.6 Å². The zero-order chi connectivity index (χ0) is 15.1. The van der Waals surface area contributed by atoms with Crippen LogP contribution in [0.2, 0.25) is 0 Å². The van der Waals surface area contributed by atoms with E-state index in [4.69, 9.17) is 14.0 Å². The zero-order valence-corrected chi connectivity index (χ0v) is 13.0. The fourth-order valence-corrected chi connectivity index (χ4v) is 2.04. The molecular formula is C15H22BFO3. The lowest BCUT2D eigenvalue weighted by molar-refractivity contribution is 0.00578. The summed E-state index contributed by atoms with van der Waals surface area (Å²) < 4.78 is 31.1. The fourth-order valence-electron chi connectivity index (χ4n) is 2.04. The number of hydrogen-bond donors (Lipinski definition) is 0. The van der Waals surface area contributed by atoms with Crippen LogP contribution in [0.3, 0.4) is 0 Å². The quantitative estimate of drug-likeness (QED) is 0.797. The van der Waals surface area contributed by atoms with Crippen molar-refractivity contribution in [3.05, 3.63) is 24.0 Å². The van der Waals surface area contributed by atoms with E-state index in [1.807, 2.05) is 41.5 Å². The highest BCUT2D eigenvalue weighted by Gasteiger charge is 2.51. The molecule has 0 spiro atoms. The van der Waals surface area contributed by atoms with Gasteiger partial charge in [-0.15, -0.1) is 0 Å². The second-order valence-corrected chi connectivity index (χ2v) is 6.48. The third kappa shape index (κ3) is 2.99. The summed E-state index contributed by atoms with van der Waals surface area (Å²) in [5.41, 5.74) is -0.245. The summed E-state index contributed by atoms with van der Waals surface area (Å²) in [6.45, 7) is 11.7. The lowest BCUT2D eigenvalue weighted by Gasteiger charge is -2.32. The summed E-state index contributed by atoms with van der Waals surface area (Å²) in [7, 11) is -0.579. The Hall–Kier alpha value is -1.07. The van der Waals surface area contributed by atoms with Gasteiger partial charge in [-0.25, -0.2) is 4.39 Å². The highest BCUT2D eigenvalue weighted by atomic mass is 19.1. The number of ether oxygens (including phenoxy) is 1. The predicted octanol–water partition coefficient (Wildman–Crippen LogP) is 2.91. The molecule has 0 unspecified atom stereocenters. The molecule has 0 amide bonds. The maximum atomic E-state index is 13.7. The first-order valence-electron chi connectivity index (χ1n) is 6.93. The minimum atomic E-state index is -0.579. The molecule has 3 nitrogen and oxygen atoms in total.